The van der Waals surface area contributed by atoms with Crippen LogP contribution < -0.4 is 0 Å². The standard InChI is InChI=1S/C6H10O4.Cu.V/c7-5(8)3-1-2-4-6(9)10;;/h1-4H2,(H,7,8)(H,9,10);;. The molecule has 0 saturated heterocycles. The monoisotopic (exact) mass is 260 g/mol. The van der Waals surface area contributed by atoms with E-state index in [1.54, 1.807) is 0 Å². The number of unbranched alkanes of at least 4 members (excludes halogenated alkanes) is 1. The van der Waals surface area contributed by atoms with E-state index in [1.807, 2.05) is 0 Å². The van der Waals surface area contributed by atoms with Crippen LogP contribution >= 0.6 is 0 Å². The van der Waals surface area contributed by atoms with Gasteiger partial charge in [0.15, 0.2) is 0 Å². The van der Waals surface area contributed by atoms with E-state index < -0.39 is 11.9 Å². The molecule has 12 heavy (non-hydrogen) atoms. The molecule has 0 amide bonds. The molecule has 0 bridgehead atoms. The van der Waals surface area contributed by atoms with Crippen molar-refractivity contribution < 1.29 is 55.4 Å². The van der Waals surface area contributed by atoms with Gasteiger partial charge in [-0.1, -0.05) is 0 Å². The summed E-state index contributed by atoms with van der Waals surface area (Å²) in [6.07, 6.45) is 1.02. The van der Waals surface area contributed by atoms with Crippen molar-refractivity contribution in [2.24, 2.45) is 0 Å². The minimum Gasteiger partial charge on any atom is -0.481 e. The van der Waals surface area contributed by atoms with Gasteiger partial charge >= 0.3 is 11.9 Å². The molecule has 0 unspecified atom stereocenters. The molecule has 0 aliphatic rings. The van der Waals surface area contributed by atoms with E-state index in [2.05, 4.69) is 0 Å². The van der Waals surface area contributed by atoms with Gasteiger partial charge in [-0.15, -0.1) is 0 Å². The van der Waals surface area contributed by atoms with E-state index >= 15 is 0 Å². The molecule has 0 rings (SSSR count). The maximum absolute atomic E-state index is 9.90. The summed E-state index contributed by atoms with van der Waals surface area (Å²) in [4.78, 5) is 19.8. The van der Waals surface area contributed by atoms with Crippen LogP contribution in [0.25, 0.3) is 0 Å². The fourth-order valence-corrected chi connectivity index (χ4v) is 0.552. The predicted molar refractivity (Wildman–Crippen MR) is 33.7 cm³/mol. The van der Waals surface area contributed by atoms with Crippen LogP contribution in [0.3, 0.4) is 0 Å². The van der Waals surface area contributed by atoms with Crippen LogP contribution in [0.1, 0.15) is 25.7 Å². The smallest absolute Gasteiger partial charge is 0.303 e. The summed E-state index contributed by atoms with van der Waals surface area (Å²) in [6, 6.07) is 0. The van der Waals surface area contributed by atoms with Gasteiger partial charge in [-0.2, -0.15) is 0 Å². The van der Waals surface area contributed by atoms with Crippen molar-refractivity contribution in [3.05, 3.63) is 0 Å². The van der Waals surface area contributed by atoms with Crippen molar-refractivity contribution in [1.29, 1.82) is 0 Å². The number of rotatable bonds is 5. The molecule has 0 heterocycles. The first-order valence-corrected chi connectivity index (χ1v) is 3.06. The second-order valence-corrected chi connectivity index (χ2v) is 1.99. The summed E-state index contributed by atoms with van der Waals surface area (Å²) < 4.78 is 0. The first-order valence-electron chi connectivity index (χ1n) is 3.06. The number of carbonyl (C=O) groups is 2. The maximum Gasteiger partial charge on any atom is 0.303 e. The minimum absolute atomic E-state index is 0. The van der Waals surface area contributed by atoms with E-state index in [4.69, 9.17) is 10.2 Å². The first-order chi connectivity index (χ1) is 4.63. The molecule has 0 saturated carbocycles. The van der Waals surface area contributed by atoms with Gasteiger partial charge in [0.2, 0.25) is 0 Å². The van der Waals surface area contributed by atoms with Gasteiger partial charge in [0.05, 0.1) is 0 Å². The molecular weight excluding hydrogens is 251 g/mol. The number of aliphatic carboxylic acids is 2. The van der Waals surface area contributed by atoms with Crippen LogP contribution in [0, 0.1) is 0 Å². The van der Waals surface area contributed by atoms with Crippen LogP contribution in [0.5, 0.6) is 0 Å². The van der Waals surface area contributed by atoms with Gasteiger partial charge in [-0.3, -0.25) is 9.59 Å². The molecular formula is C6H10CuO4V. The van der Waals surface area contributed by atoms with Crippen molar-refractivity contribution in [2.75, 3.05) is 0 Å². The van der Waals surface area contributed by atoms with Gasteiger partial charge < -0.3 is 10.2 Å². The minimum atomic E-state index is -0.870. The summed E-state index contributed by atoms with van der Waals surface area (Å²) >= 11 is 0. The van der Waals surface area contributed by atoms with Crippen LogP contribution in [-0.4, -0.2) is 22.2 Å². The summed E-state index contributed by atoms with van der Waals surface area (Å²) in [5, 5.41) is 16.3. The molecule has 4 nitrogen and oxygen atoms in total. The van der Waals surface area contributed by atoms with Gasteiger partial charge in [-0.05, 0) is 12.8 Å². The Balaban J connectivity index is -0.000000405. The molecule has 0 fully saturated rings. The van der Waals surface area contributed by atoms with Crippen molar-refractivity contribution >= 4 is 11.9 Å². The normalized spacial score (nSPS) is 7.67. The van der Waals surface area contributed by atoms with Crippen molar-refractivity contribution in [3.63, 3.8) is 0 Å². The summed E-state index contributed by atoms with van der Waals surface area (Å²) in [5.74, 6) is -1.74. The van der Waals surface area contributed by atoms with E-state index in [-0.39, 0.29) is 48.5 Å². The quantitative estimate of drug-likeness (QED) is 0.564. The van der Waals surface area contributed by atoms with Crippen molar-refractivity contribution in [1.82, 2.24) is 0 Å². The number of hydrogen-bond donors (Lipinski definition) is 2. The third kappa shape index (κ3) is 16.6. The van der Waals surface area contributed by atoms with Gasteiger partial charge in [0.1, 0.15) is 0 Å². The van der Waals surface area contributed by atoms with E-state index in [1.165, 1.54) is 0 Å². The summed E-state index contributed by atoms with van der Waals surface area (Å²) in [7, 11) is 0. The summed E-state index contributed by atoms with van der Waals surface area (Å²) in [5.41, 5.74) is 0. The van der Waals surface area contributed by atoms with Crippen molar-refractivity contribution in [3.8, 4) is 0 Å². The molecule has 0 atom stereocenters. The Kier molecular flexibility index (Phi) is 16.5. The fraction of sp³-hybridized carbons (Fsp3) is 0.667. The molecule has 74 valence electrons. The average Bonchev–Trinajstić information content (AvgIpc) is 1.79. The molecule has 0 spiro atoms. The Labute approximate surface area is 93.1 Å². The first kappa shape index (κ1) is 18.0. The maximum atomic E-state index is 9.90. The van der Waals surface area contributed by atoms with Crippen molar-refractivity contribution in [2.45, 2.75) is 25.7 Å². The van der Waals surface area contributed by atoms with Crippen LogP contribution in [0.2, 0.25) is 0 Å². The molecule has 0 aliphatic heterocycles. The van der Waals surface area contributed by atoms with E-state index in [9.17, 15) is 9.59 Å². The second-order valence-electron chi connectivity index (χ2n) is 1.99. The Morgan fingerprint density at radius 1 is 0.917 bits per heavy atom. The zero-order valence-corrected chi connectivity index (χ0v) is 8.63. The zero-order valence-electron chi connectivity index (χ0n) is 6.29. The van der Waals surface area contributed by atoms with Gasteiger partial charge in [-0.25, -0.2) is 0 Å². The third-order valence-corrected chi connectivity index (χ3v) is 1.03. The predicted octanol–water partition coefficient (Wildman–Crippen LogP) is 0.711. The van der Waals surface area contributed by atoms with Crippen LogP contribution in [0.15, 0.2) is 0 Å². The molecule has 0 aliphatic carbocycles. The Morgan fingerprint density at radius 2 is 1.17 bits per heavy atom. The summed E-state index contributed by atoms with van der Waals surface area (Å²) in [6.45, 7) is 0. The number of carboxylic acid groups (broad SMARTS) is 2. The topological polar surface area (TPSA) is 74.6 Å². The SMILES string of the molecule is O=C(O)CCCCC(=O)O.[Cu].[V]. The third-order valence-electron chi connectivity index (χ3n) is 1.03. The molecule has 2 N–H and O–H groups in total. The number of carboxylic acids is 2. The van der Waals surface area contributed by atoms with Crippen LogP contribution in [-0.2, 0) is 45.2 Å². The fourth-order valence-electron chi connectivity index (χ4n) is 0.552. The molecule has 0 aromatic heterocycles. The molecule has 0 aromatic rings. The van der Waals surface area contributed by atoms with Gasteiger partial charge in [0.25, 0.3) is 0 Å². The van der Waals surface area contributed by atoms with E-state index in [0.29, 0.717) is 12.8 Å². The van der Waals surface area contributed by atoms with E-state index in [0.717, 1.165) is 0 Å². The Bertz CT molecular complexity index is 124. The largest absolute Gasteiger partial charge is 0.481 e. The molecule has 2 radical (unpaired) electrons. The molecule has 6 heteroatoms. The van der Waals surface area contributed by atoms with Crippen LogP contribution in [0.4, 0.5) is 0 Å². The van der Waals surface area contributed by atoms with Gasteiger partial charge in [0, 0.05) is 48.5 Å². The Hall–Kier alpha value is 0.0439. The average molecular weight is 261 g/mol. The second kappa shape index (κ2) is 11.0. The Morgan fingerprint density at radius 3 is 1.33 bits per heavy atom. The molecule has 0 aromatic carbocycles. The zero-order chi connectivity index (χ0) is 7.98. The number of hydrogen-bond acceptors (Lipinski definition) is 2.